The number of amides is 1. The molecule has 3 aromatic rings. The molecule has 0 bridgehead atoms. The Hall–Kier alpha value is -3.57. The van der Waals surface area contributed by atoms with Gasteiger partial charge < -0.3 is 30.2 Å². The molecule has 0 saturated carbocycles. The van der Waals surface area contributed by atoms with Crippen molar-refractivity contribution in [3.63, 3.8) is 0 Å². The summed E-state index contributed by atoms with van der Waals surface area (Å²) >= 11 is 0. The fourth-order valence-corrected chi connectivity index (χ4v) is 5.21. The molecule has 1 aromatic carbocycles. The summed E-state index contributed by atoms with van der Waals surface area (Å²) in [6.07, 6.45) is 7.78. The number of ketones is 1. The van der Waals surface area contributed by atoms with Crippen molar-refractivity contribution < 1.29 is 19.1 Å². The van der Waals surface area contributed by atoms with Crippen LogP contribution in [0.4, 0.5) is 15.8 Å². The van der Waals surface area contributed by atoms with Crippen LogP contribution in [0.3, 0.4) is 0 Å². The number of nitrogens with one attached hydrogen (secondary N) is 1. The molecular weight excluding hydrogens is 467 g/mol. The maximum Gasteiger partial charge on any atom is 0.295 e. The van der Waals surface area contributed by atoms with Crippen LogP contribution in [-0.4, -0.2) is 50.1 Å². The predicted molar refractivity (Wildman–Crippen MR) is 132 cm³/mol. The Morgan fingerprint density at radius 1 is 1.28 bits per heavy atom. The van der Waals surface area contributed by atoms with Crippen molar-refractivity contribution >= 4 is 34.0 Å². The number of imidazole rings is 1. The van der Waals surface area contributed by atoms with E-state index in [4.69, 9.17) is 5.73 Å². The Balaban J connectivity index is 1.56. The molecular formula is C25H29FN6O4. The number of aryl methyl sites for hydroxylation is 1. The van der Waals surface area contributed by atoms with E-state index in [0.29, 0.717) is 50.0 Å². The molecule has 2 aliphatic heterocycles. The molecule has 2 aliphatic rings. The largest absolute Gasteiger partial charge is 0.393 e. The first-order valence-corrected chi connectivity index (χ1v) is 12.1. The summed E-state index contributed by atoms with van der Waals surface area (Å²) in [7, 11) is 0. The van der Waals surface area contributed by atoms with Crippen LogP contribution in [0.5, 0.6) is 0 Å². The van der Waals surface area contributed by atoms with Crippen LogP contribution in [-0.2, 0) is 21.7 Å². The zero-order valence-corrected chi connectivity index (χ0v) is 20.2. The van der Waals surface area contributed by atoms with Gasteiger partial charge >= 0.3 is 0 Å². The Kier molecular flexibility index (Phi) is 5.92. The normalized spacial score (nSPS) is 19.8. The Bertz CT molecular complexity index is 1410. The highest BCUT2D eigenvalue weighted by Crippen LogP contribution is 2.39. The number of carbonyl (C=O) groups excluding carboxylic acids is 2. The lowest BCUT2D eigenvalue weighted by molar-refractivity contribution is -0.139. The second-order valence-corrected chi connectivity index (χ2v) is 9.87. The SMILES string of the molecule is C[C@H]1CCc2c(N3CCC(O)CC3)c(F)cc3c(=O)c(NC(=O)C(=O)[C@@](C)(N)n4ccnc4)cn1c23. The van der Waals surface area contributed by atoms with Gasteiger partial charge in [0.25, 0.3) is 11.7 Å². The number of carbonyl (C=O) groups is 2. The highest BCUT2D eigenvalue weighted by molar-refractivity contribution is 6.42. The lowest BCUT2D eigenvalue weighted by atomic mass is 9.93. The summed E-state index contributed by atoms with van der Waals surface area (Å²) in [5.74, 6) is -2.52. The van der Waals surface area contributed by atoms with Gasteiger partial charge in [0.05, 0.1) is 29.0 Å². The highest BCUT2D eigenvalue weighted by Gasteiger charge is 2.36. The van der Waals surface area contributed by atoms with Crippen molar-refractivity contribution in [2.45, 2.75) is 57.3 Å². The molecule has 11 heteroatoms. The number of nitrogens with zero attached hydrogens (tertiary/aromatic N) is 4. The van der Waals surface area contributed by atoms with Gasteiger partial charge in [-0.2, -0.15) is 0 Å². The molecule has 4 heterocycles. The molecule has 0 unspecified atom stereocenters. The molecule has 10 nitrogen and oxygen atoms in total. The van der Waals surface area contributed by atoms with Crippen molar-refractivity contribution in [2.24, 2.45) is 5.73 Å². The number of aromatic nitrogens is 3. The molecule has 2 aromatic heterocycles. The van der Waals surface area contributed by atoms with Crippen LogP contribution in [0, 0.1) is 5.82 Å². The number of halogens is 1. The molecule has 0 spiro atoms. The van der Waals surface area contributed by atoms with E-state index in [1.165, 1.54) is 42.5 Å². The van der Waals surface area contributed by atoms with E-state index in [2.05, 4.69) is 10.3 Å². The number of hydrogen-bond donors (Lipinski definition) is 3. The van der Waals surface area contributed by atoms with E-state index in [9.17, 15) is 19.5 Å². The average Bonchev–Trinajstić information content (AvgIpc) is 3.40. The van der Waals surface area contributed by atoms with E-state index >= 15 is 4.39 Å². The van der Waals surface area contributed by atoms with Crippen LogP contribution in [0.1, 0.15) is 44.7 Å². The molecule has 190 valence electrons. The van der Waals surface area contributed by atoms with Crippen molar-refractivity contribution in [3.8, 4) is 0 Å². The minimum atomic E-state index is -1.70. The van der Waals surface area contributed by atoms with Crippen molar-refractivity contribution in [3.05, 3.63) is 52.6 Å². The third-order valence-corrected chi connectivity index (χ3v) is 7.36. The van der Waals surface area contributed by atoms with Crippen LogP contribution in [0.15, 0.2) is 35.8 Å². The first-order valence-electron chi connectivity index (χ1n) is 12.1. The molecule has 1 amide bonds. The summed E-state index contributed by atoms with van der Waals surface area (Å²) in [5, 5.41) is 12.4. The van der Waals surface area contributed by atoms with Gasteiger partial charge in [0.1, 0.15) is 11.5 Å². The lowest BCUT2D eigenvalue weighted by Crippen LogP contribution is -2.52. The Morgan fingerprint density at radius 3 is 2.67 bits per heavy atom. The molecule has 36 heavy (non-hydrogen) atoms. The smallest absolute Gasteiger partial charge is 0.295 e. The van der Waals surface area contributed by atoms with Gasteiger partial charge in [0.15, 0.2) is 5.66 Å². The number of nitrogens with two attached hydrogens (primary N) is 1. The van der Waals surface area contributed by atoms with Crippen molar-refractivity contribution in [1.82, 2.24) is 14.1 Å². The minimum Gasteiger partial charge on any atom is -0.393 e. The monoisotopic (exact) mass is 496 g/mol. The minimum absolute atomic E-state index is 0.0147. The van der Waals surface area contributed by atoms with E-state index in [0.717, 1.165) is 5.56 Å². The number of Topliss-reactive ketones (excluding diaryl/α,β-unsaturated/α-hetero) is 1. The van der Waals surface area contributed by atoms with Crippen molar-refractivity contribution in [1.29, 1.82) is 0 Å². The summed E-state index contributed by atoms with van der Waals surface area (Å²) in [5.41, 5.74) is 5.56. The maximum absolute atomic E-state index is 15.5. The lowest BCUT2D eigenvalue weighted by Gasteiger charge is -2.36. The standard InChI is InChI=1S/C25H29FN6O4/c1-14-3-4-16-20-17(11-18(26)21(16)30-8-5-15(33)6-9-30)22(34)19(12-32(14)20)29-24(36)23(35)25(2,27)31-10-7-28-13-31/h7,10-15,33H,3-6,8-9,27H2,1-2H3,(H,29,36)/t14-,25-/m0/s1. The summed E-state index contributed by atoms with van der Waals surface area (Å²) < 4.78 is 18.7. The van der Waals surface area contributed by atoms with E-state index in [-0.39, 0.29) is 17.1 Å². The molecule has 1 fully saturated rings. The van der Waals surface area contributed by atoms with Gasteiger partial charge in [-0.05, 0) is 45.6 Å². The van der Waals surface area contributed by atoms with Gasteiger partial charge in [-0.1, -0.05) is 0 Å². The quantitative estimate of drug-likeness (QED) is 0.457. The zero-order chi connectivity index (χ0) is 25.8. The second-order valence-electron chi connectivity index (χ2n) is 9.87. The first kappa shape index (κ1) is 24.1. The van der Waals surface area contributed by atoms with Gasteiger partial charge in [-0.15, -0.1) is 0 Å². The summed E-state index contributed by atoms with van der Waals surface area (Å²) in [6.45, 7) is 4.42. The second kappa shape index (κ2) is 8.82. The maximum atomic E-state index is 15.5. The zero-order valence-electron chi connectivity index (χ0n) is 20.2. The van der Waals surface area contributed by atoms with Crippen LogP contribution >= 0.6 is 0 Å². The third kappa shape index (κ3) is 3.88. The molecule has 0 aliphatic carbocycles. The number of rotatable bonds is 5. The van der Waals surface area contributed by atoms with Crippen LogP contribution in [0.25, 0.3) is 10.9 Å². The molecule has 5 rings (SSSR count). The van der Waals surface area contributed by atoms with Gasteiger partial charge in [0.2, 0.25) is 5.43 Å². The number of piperidine rings is 1. The average molecular weight is 497 g/mol. The number of aliphatic hydroxyl groups is 1. The number of benzene rings is 1. The topological polar surface area (TPSA) is 135 Å². The number of aliphatic hydroxyl groups excluding tert-OH is 1. The number of anilines is 2. The molecule has 0 radical (unpaired) electrons. The summed E-state index contributed by atoms with van der Waals surface area (Å²) in [6, 6.07) is 1.20. The number of hydrogen-bond acceptors (Lipinski definition) is 7. The first-order chi connectivity index (χ1) is 17.1. The van der Waals surface area contributed by atoms with Gasteiger partial charge in [-0.25, -0.2) is 9.37 Å². The fraction of sp³-hybridized carbons (Fsp3) is 0.440. The predicted octanol–water partition coefficient (Wildman–Crippen LogP) is 1.64. The van der Waals surface area contributed by atoms with E-state index < -0.39 is 34.7 Å². The van der Waals surface area contributed by atoms with Crippen LogP contribution < -0.4 is 21.4 Å². The third-order valence-electron chi connectivity index (χ3n) is 7.36. The molecule has 4 N–H and O–H groups in total. The van der Waals surface area contributed by atoms with E-state index in [1.807, 2.05) is 16.4 Å². The summed E-state index contributed by atoms with van der Waals surface area (Å²) in [4.78, 5) is 44.9. The Morgan fingerprint density at radius 2 is 2.00 bits per heavy atom. The van der Waals surface area contributed by atoms with Gasteiger partial charge in [0, 0.05) is 43.3 Å². The van der Waals surface area contributed by atoms with Gasteiger partial charge in [-0.3, -0.25) is 14.4 Å². The van der Waals surface area contributed by atoms with Crippen LogP contribution in [0.2, 0.25) is 0 Å². The fourth-order valence-electron chi connectivity index (χ4n) is 5.21. The van der Waals surface area contributed by atoms with E-state index in [1.54, 1.807) is 0 Å². The molecule has 1 saturated heterocycles. The van der Waals surface area contributed by atoms with Crippen molar-refractivity contribution in [2.75, 3.05) is 23.3 Å². The molecule has 2 atom stereocenters. The number of pyridine rings is 1. The Labute approximate surface area is 206 Å². The highest BCUT2D eigenvalue weighted by atomic mass is 19.1.